The van der Waals surface area contributed by atoms with Crippen molar-refractivity contribution in [1.29, 1.82) is 0 Å². The molecule has 0 N–H and O–H groups in total. The molecule has 212 valence electrons. The number of hydrogen-bond acceptors (Lipinski definition) is 1. The highest BCUT2D eigenvalue weighted by Gasteiger charge is 2.22. The molecule has 8 aromatic rings. The number of para-hydroxylation sites is 1. The number of nitrogens with zero attached hydrogens (tertiary/aromatic N) is 1. The highest BCUT2D eigenvalue weighted by molar-refractivity contribution is 6.16. The van der Waals surface area contributed by atoms with E-state index in [0.717, 1.165) is 17.1 Å². The zero-order valence-corrected chi connectivity index (χ0v) is 24.8. The second-order valence-electron chi connectivity index (χ2n) is 11.3. The fourth-order valence-corrected chi connectivity index (χ4v) is 6.59. The Labute approximate surface area is 264 Å². The lowest BCUT2D eigenvalue weighted by Gasteiger charge is -2.30. The van der Waals surface area contributed by atoms with Crippen LogP contribution in [0, 0.1) is 0 Å². The first-order valence-corrected chi connectivity index (χ1v) is 15.5. The molecule has 0 fully saturated rings. The molecule has 45 heavy (non-hydrogen) atoms. The number of anilines is 3. The van der Waals surface area contributed by atoms with Crippen molar-refractivity contribution in [2.24, 2.45) is 0 Å². The van der Waals surface area contributed by atoms with Crippen LogP contribution in [-0.4, -0.2) is 0 Å². The molecule has 0 saturated carbocycles. The second-order valence-corrected chi connectivity index (χ2v) is 11.3. The third-order valence-electron chi connectivity index (χ3n) is 8.63. The quantitative estimate of drug-likeness (QED) is 0.179. The Kier molecular flexibility index (Phi) is 6.90. The summed E-state index contributed by atoms with van der Waals surface area (Å²) in [6, 6.07) is 67.7. The largest absolute Gasteiger partial charge is 0.310 e. The van der Waals surface area contributed by atoms with E-state index in [0.29, 0.717) is 0 Å². The molecule has 0 heterocycles. The maximum Gasteiger partial charge on any atom is 0.0546 e. The molecular formula is C44H31N. The van der Waals surface area contributed by atoms with Gasteiger partial charge in [-0.15, -0.1) is 0 Å². The monoisotopic (exact) mass is 573 g/mol. The average molecular weight is 574 g/mol. The van der Waals surface area contributed by atoms with Crippen LogP contribution in [-0.2, 0) is 0 Å². The molecule has 8 aromatic carbocycles. The molecule has 0 atom stereocenters. The summed E-state index contributed by atoms with van der Waals surface area (Å²) in [5, 5.41) is 5.01. The van der Waals surface area contributed by atoms with E-state index in [4.69, 9.17) is 0 Å². The fraction of sp³-hybridized carbons (Fsp3) is 0. The molecule has 0 aromatic heterocycles. The van der Waals surface area contributed by atoms with Crippen LogP contribution in [0.4, 0.5) is 17.1 Å². The third kappa shape index (κ3) is 4.95. The predicted octanol–water partition coefficient (Wildman–Crippen LogP) is 12.5. The molecule has 0 aliphatic rings. The van der Waals surface area contributed by atoms with Gasteiger partial charge >= 0.3 is 0 Å². The van der Waals surface area contributed by atoms with Crippen LogP contribution in [0.15, 0.2) is 188 Å². The standard InChI is InChI=1S/C44H31N/c1-4-16-32(17-5-1)34-21-14-24-37(30-34)45(36-22-8-3-9-23-36)43-29-15-28-39(33-18-6-2-7-19-33)44(43)42-31-35-20-10-11-25-38(35)40-26-12-13-27-41(40)42/h1-31H. The van der Waals surface area contributed by atoms with Gasteiger partial charge in [-0.05, 0) is 85.8 Å². The Morgan fingerprint density at radius 3 is 1.62 bits per heavy atom. The van der Waals surface area contributed by atoms with Crippen molar-refractivity contribution >= 4 is 38.6 Å². The summed E-state index contributed by atoms with van der Waals surface area (Å²) in [7, 11) is 0. The lowest BCUT2D eigenvalue weighted by Crippen LogP contribution is -2.12. The van der Waals surface area contributed by atoms with Crippen LogP contribution in [0.3, 0.4) is 0 Å². The van der Waals surface area contributed by atoms with Gasteiger partial charge in [-0.25, -0.2) is 0 Å². The smallest absolute Gasteiger partial charge is 0.0546 e. The molecule has 1 heteroatoms. The summed E-state index contributed by atoms with van der Waals surface area (Å²) in [6.45, 7) is 0. The van der Waals surface area contributed by atoms with Crippen molar-refractivity contribution in [2.75, 3.05) is 4.90 Å². The van der Waals surface area contributed by atoms with Gasteiger partial charge < -0.3 is 4.90 Å². The van der Waals surface area contributed by atoms with Gasteiger partial charge in [-0.2, -0.15) is 0 Å². The first-order valence-electron chi connectivity index (χ1n) is 15.5. The molecule has 0 radical (unpaired) electrons. The lowest BCUT2D eigenvalue weighted by atomic mass is 9.87. The first kappa shape index (κ1) is 26.7. The Balaban J connectivity index is 1.47. The normalized spacial score (nSPS) is 11.1. The number of benzene rings is 8. The number of fused-ring (bicyclic) bond motifs is 3. The highest BCUT2D eigenvalue weighted by atomic mass is 15.1. The minimum Gasteiger partial charge on any atom is -0.310 e. The SMILES string of the molecule is c1ccc(-c2cccc(N(c3ccccc3)c3cccc(-c4ccccc4)c3-c3cc4ccccc4c4ccccc34)c2)cc1. The summed E-state index contributed by atoms with van der Waals surface area (Å²) in [4.78, 5) is 2.41. The van der Waals surface area contributed by atoms with Gasteiger partial charge in [0.25, 0.3) is 0 Å². The van der Waals surface area contributed by atoms with E-state index in [1.807, 2.05) is 0 Å². The van der Waals surface area contributed by atoms with Crippen LogP contribution >= 0.6 is 0 Å². The summed E-state index contributed by atoms with van der Waals surface area (Å²) in [5.74, 6) is 0. The minimum absolute atomic E-state index is 1.11. The van der Waals surface area contributed by atoms with Gasteiger partial charge in [0, 0.05) is 16.9 Å². The van der Waals surface area contributed by atoms with Crippen LogP contribution in [0.2, 0.25) is 0 Å². The number of hydrogen-bond donors (Lipinski definition) is 0. The minimum atomic E-state index is 1.11. The van der Waals surface area contributed by atoms with Gasteiger partial charge in [0.1, 0.15) is 0 Å². The predicted molar refractivity (Wildman–Crippen MR) is 192 cm³/mol. The Morgan fingerprint density at radius 1 is 0.311 bits per heavy atom. The first-order chi connectivity index (χ1) is 22.3. The molecule has 0 spiro atoms. The van der Waals surface area contributed by atoms with E-state index >= 15 is 0 Å². The van der Waals surface area contributed by atoms with E-state index in [1.165, 1.54) is 54.9 Å². The van der Waals surface area contributed by atoms with Crippen molar-refractivity contribution in [2.45, 2.75) is 0 Å². The van der Waals surface area contributed by atoms with Gasteiger partial charge in [0.2, 0.25) is 0 Å². The van der Waals surface area contributed by atoms with Gasteiger partial charge in [0.05, 0.1) is 5.69 Å². The molecular weight excluding hydrogens is 542 g/mol. The average Bonchev–Trinajstić information content (AvgIpc) is 3.13. The van der Waals surface area contributed by atoms with Crippen molar-refractivity contribution in [3.8, 4) is 33.4 Å². The molecule has 0 amide bonds. The molecule has 0 bridgehead atoms. The molecule has 1 nitrogen and oxygen atoms in total. The highest BCUT2D eigenvalue weighted by Crippen LogP contribution is 2.48. The molecule has 0 unspecified atom stereocenters. The van der Waals surface area contributed by atoms with Gasteiger partial charge in [-0.1, -0.05) is 152 Å². The zero-order chi connectivity index (χ0) is 30.0. The van der Waals surface area contributed by atoms with E-state index in [9.17, 15) is 0 Å². The van der Waals surface area contributed by atoms with E-state index in [2.05, 4.69) is 193 Å². The van der Waals surface area contributed by atoms with Crippen LogP contribution < -0.4 is 4.90 Å². The Morgan fingerprint density at radius 2 is 0.867 bits per heavy atom. The molecule has 0 aliphatic carbocycles. The summed E-state index contributed by atoms with van der Waals surface area (Å²) in [5.41, 5.74) is 10.6. The van der Waals surface area contributed by atoms with Gasteiger partial charge in [0.15, 0.2) is 0 Å². The van der Waals surface area contributed by atoms with E-state index < -0.39 is 0 Å². The molecule has 8 rings (SSSR count). The third-order valence-corrected chi connectivity index (χ3v) is 8.63. The Hall–Kier alpha value is -5.92. The van der Waals surface area contributed by atoms with E-state index in [1.54, 1.807) is 0 Å². The summed E-state index contributed by atoms with van der Waals surface area (Å²) >= 11 is 0. The maximum atomic E-state index is 2.41. The topological polar surface area (TPSA) is 3.24 Å². The number of rotatable bonds is 6. The van der Waals surface area contributed by atoms with Crippen molar-refractivity contribution in [3.05, 3.63) is 188 Å². The lowest BCUT2D eigenvalue weighted by molar-refractivity contribution is 1.28. The van der Waals surface area contributed by atoms with Crippen LogP contribution in [0.5, 0.6) is 0 Å². The summed E-state index contributed by atoms with van der Waals surface area (Å²) < 4.78 is 0. The van der Waals surface area contributed by atoms with Gasteiger partial charge in [-0.3, -0.25) is 0 Å². The van der Waals surface area contributed by atoms with Crippen LogP contribution in [0.1, 0.15) is 0 Å². The van der Waals surface area contributed by atoms with Crippen molar-refractivity contribution in [1.82, 2.24) is 0 Å². The van der Waals surface area contributed by atoms with Crippen LogP contribution in [0.25, 0.3) is 54.9 Å². The second kappa shape index (κ2) is 11.6. The maximum absolute atomic E-state index is 2.41. The molecule has 0 aliphatic heterocycles. The fourth-order valence-electron chi connectivity index (χ4n) is 6.59. The van der Waals surface area contributed by atoms with E-state index in [-0.39, 0.29) is 0 Å². The molecule has 0 saturated heterocycles. The van der Waals surface area contributed by atoms with Crippen molar-refractivity contribution < 1.29 is 0 Å². The van der Waals surface area contributed by atoms with Crippen molar-refractivity contribution in [3.63, 3.8) is 0 Å². The summed E-state index contributed by atoms with van der Waals surface area (Å²) in [6.07, 6.45) is 0. The Bertz CT molecular complexity index is 2250. The zero-order valence-electron chi connectivity index (χ0n) is 24.8.